The van der Waals surface area contributed by atoms with Crippen LogP contribution in [0, 0.1) is 6.92 Å². The van der Waals surface area contributed by atoms with Crippen molar-refractivity contribution >= 4 is 40.9 Å². The lowest BCUT2D eigenvalue weighted by Gasteiger charge is -2.12. The zero-order valence-corrected chi connectivity index (χ0v) is 15.4. The van der Waals surface area contributed by atoms with E-state index < -0.39 is 11.2 Å². The van der Waals surface area contributed by atoms with Crippen LogP contribution >= 0.6 is 11.8 Å². The Balaban J connectivity index is 1.83. The Morgan fingerprint density at radius 3 is 2.38 bits per heavy atom. The van der Waals surface area contributed by atoms with Crippen molar-refractivity contribution in [3.63, 3.8) is 0 Å². The summed E-state index contributed by atoms with van der Waals surface area (Å²) in [6, 6.07) is 13.9. The molecule has 4 N–H and O–H groups in total. The Hall–Kier alpha value is -2.80. The maximum atomic E-state index is 12.2. The van der Waals surface area contributed by atoms with Crippen molar-refractivity contribution in [2.45, 2.75) is 19.1 Å². The number of benzene rings is 2. The molecule has 0 fully saturated rings. The fraction of sp³-hybridized carbons (Fsp3) is 0.211. The normalized spacial score (nSPS) is 11.5. The fourth-order valence-corrected chi connectivity index (χ4v) is 2.79. The largest absolute Gasteiger partial charge is 0.366 e. The maximum Gasteiger partial charge on any atom is 0.248 e. The number of primary amides is 1. The summed E-state index contributed by atoms with van der Waals surface area (Å²) in [6.45, 7) is 3.69. The molecular formula is C19H21N3O3S. The van der Waals surface area contributed by atoms with E-state index >= 15 is 0 Å². The van der Waals surface area contributed by atoms with Crippen LogP contribution in [0.2, 0.25) is 0 Å². The molecule has 1 atom stereocenters. The smallest absolute Gasteiger partial charge is 0.248 e. The van der Waals surface area contributed by atoms with Gasteiger partial charge in [0.2, 0.25) is 17.7 Å². The van der Waals surface area contributed by atoms with Gasteiger partial charge in [0.25, 0.3) is 0 Å². The Labute approximate surface area is 156 Å². The predicted molar refractivity (Wildman–Crippen MR) is 105 cm³/mol. The van der Waals surface area contributed by atoms with E-state index in [0.717, 1.165) is 11.3 Å². The highest BCUT2D eigenvalue weighted by Gasteiger charge is 2.16. The first kappa shape index (κ1) is 19.5. The van der Waals surface area contributed by atoms with Gasteiger partial charge in [0.15, 0.2) is 0 Å². The van der Waals surface area contributed by atoms with Gasteiger partial charge in [-0.15, -0.1) is 11.8 Å². The van der Waals surface area contributed by atoms with Crippen molar-refractivity contribution in [2.75, 3.05) is 16.4 Å². The average Bonchev–Trinajstić information content (AvgIpc) is 2.61. The highest BCUT2D eigenvalue weighted by atomic mass is 32.2. The first-order valence-electron chi connectivity index (χ1n) is 8.04. The topological polar surface area (TPSA) is 101 Å². The summed E-state index contributed by atoms with van der Waals surface area (Å²) < 4.78 is 0. The number of rotatable bonds is 7. The molecular weight excluding hydrogens is 350 g/mol. The van der Waals surface area contributed by atoms with E-state index in [-0.39, 0.29) is 17.6 Å². The molecule has 0 heterocycles. The number of amides is 3. The summed E-state index contributed by atoms with van der Waals surface area (Å²) in [4.78, 5) is 35.4. The molecule has 0 saturated heterocycles. The molecule has 0 saturated carbocycles. The molecule has 2 aromatic carbocycles. The maximum absolute atomic E-state index is 12.2. The minimum atomic E-state index is -0.559. The van der Waals surface area contributed by atoms with Crippen LogP contribution in [0.15, 0.2) is 48.5 Å². The molecule has 2 aromatic rings. The highest BCUT2D eigenvalue weighted by Crippen LogP contribution is 2.16. The number of carbonyl (C=O) groups is 3. The quantitative estimate of drug-likeness (QED) is 0.696. The second kappa shape index (κ2) is 9.05. The number of nitrogens with one attached hydrogen (secondary N) is 2. The van der Waals surface area contributed by atoms with Gasteiger partial charge in [0, 0.05) is 16.9 Å². The van der Waals surface area contributed by atoms with Crippen LogP contribution in [0.25, 0.3) is 0 Å². The lowest BCUT2D eigenvalue weighted by Crippen LogP contribution is -2.25. The van der Waals surface area contributed by atoms with Gasteiger partial charge in [-0.1, -0.05) is 23.8 Å². The molecule has 0 radical (unpaired) electrons. The summed E-state index contributed by atoms with van der Waals surface area (Å²) in [7, 11) is 0. The van der Waals surface area contributed by atoms with Gasteiger partial charge in [-0.25, -0.2) is 0 Å². The van der Waals surface area contributed by atoms with Crippen LogP contribution in [-0.4, -0.2) is 28.7 Å². The Morgan fingerprint density at radius 2 is 1.73 bits per heavy atom. The second-order valence-corrected chi connectivity index (χ2v) is 7.13. The summed E-state index contributed by atoms with van der Waals surface area (Å²) in [6.07, 6.45) is 0. The van der Waals surface area contributed by atoms with E-state index in [1.165, 1.54) is 17.8 Å². The molecule has 0 aliphatic rings. The molecule has 3 amide bonds. The zero-order chi connectivity index (χ0) is 19.1. The first-order chi connectivity index (χ1) is 12.3. The number of carbonyl (C=O) groups excluding carboxylic acids is 3. The predicted octanol–water partition coefficient (Wildman–Crippen LogP) is 2.79. The van der Waals surface area contributed by atoms with E-state index in [2.05, 4.69) is 10.6 Å². The lowest BCUT2D eigenvalue weighted by atomic mass is 10.2. The third-order valence-electron chi connectivity index (χ3n) is 3.58. The number of hydrogen-bond donors (Lipinski definition) is 3. The molecule has 6 nitrogen and oxygen atoms in total. The molecule has 0 aliphatic heterocycles. The molecule has 0 aromatic heterocycles. The molecule has 7 heteroatoms. The van der Waals surface area contributed by atoms with Crippen LogP contribution < -0.4 is 16.4 Å². The number of anilines is 2. The Kier molecular flexibility index (Phi) is 6.80. The van der Waals surface area contributed by atoms with Gasteiger partial charge in [-0.05, 0) is 44.2 Å². The van der Waals surface area contributed by atoms with E-state index in [1.807, 2.05) is 31.2 Å². The summed E-state index contributed by atoms with van der Waals surface area (Å²) in [5, 5.41) is 5.07. The Bertz CT molecular complexity index is 806. The molecule has 0 bridgehead atoms. The van der Waals surface area contributed by atoms with Crippen LogP contribution in [-0.2, 0) is 9.59 Å². The molecule has 0 unspecified atom stereocenters. The van der Waals surface area contributed by atoms with Gasteiger partial charge in [0.1, 0.15) is 0 Å². The zero-order valence-electron chi connectivity index (χ0n) is 14.6. The molecule has 26 heavy (non-hydrogen) atoms. The number of hydrogen-bond acceptors (Lipinski definition) is 4. The highest BCUT2D eigenvalue weighted by molar-refractivity contribution is 8.01. The van der Waals surface area contributed by atoms with Crippen molar-refractivity contribution in [3.8, 4) is 0 Å². The number of nitrogens with two attached hydrogens (primary N) is 1. The van der Waals surface area contributed by atoms with Crippen LogP contribution in [0.5, 0.6) is 0 Å². The fourth-order valence-electron chi connectivity index (χ4n) is 2.10. The number of aryl methyl sites for hydroxylation is 1. The van der Waals surface area contributed by atoms with Gasteiger partial charge in [-0.2, -0.15) is 0 Å². The number of thioether (sulfide) groups is 1. The van der Waals surface area contributed by atoms with E-state index in [9.17, 15) is 14.4 Å². The minimum Gasteiger partial charge on any atom is -0.366 e. The van der Waals surface area contributed by atoms with Crippen LogP contribution in [0.4, 0.5) is 11.4 Å². The Morgan fingerprint density at radius 1 is 1.04 bits per heavy atom. The standard InChI is InChI=1S/C19H21N3O3S/c1-12-6-8-15(9-7-12)21-17(23)11-26-13(2)19(25)22-16-5-3-4-14(10-16)18(20)24/h3-10,13H,11H2,1-2H3,(H2,20,24)(H,21,23)(H,22,25)/t13-/m1/s1. The molecule has 2 rings (SSSR count). The lowest BCUT2D eigenvalue weighted by molar-refractivity contribution is -0.115. The summed E-state index contributed by atoms with van der Waals surface area (Å²) in [5.41, 5.74) is 7.87. The monoisotopic (exact) mass is 371 g/mol. The molecule has 0 aliphatic carbocycles. The van der Waals surface area contributed by atoms with Gasteiger partial charge < -0.3 is 16.4 Å². The third-order valence-corrected chi connectivity index (χ3v) is 4.73. The van der Waals surface area contributed by atoms with E-state index in [1.54, 1.807) is 25.1 Å². The van der Waals surface area contributed by atoms with Gasteiger partial charge in [0.05, 0.1) is 11.0 Å². The first-order valence-corrected chi connectivity index (χ1v) is 9.09. The minimum absolute atomic E-state index is 0.157. The molecule has 0 spiro atoms. The molecule has 136 valence electrons. The third kappa shape index (κ3) is 5.93. The van der Waals surface area contributed by atoms with Crippen LogP contribution in [0.1, 0.15) is 22.8 Å². The van der Waals surface area contributed by atoms with Crippen molar-refractivity contribution in [1.29, 1.82) is 0 Å². The van der Waals surface area contributed by atoms with Crippen molar-refractivity contribution in [2.24, 2.45) is 5.73 Å². The van der Waals surface area contributed by atoms with E-state index in [4.69, 9.17) is 5.73 Å². The summed E-state index contributed by atoms with van der Waals surface area (Å²) >= 11 is 1.23. The van der Waals surface area contributed by atoms with Crippen molar-refractivity contribution in [3.05, 3.63) is 59.7 Å². The van der Waals surface area contributed by atoms with Crippen molar-refractivity contribution in [1.82, 2.24) is 0 Å². The van der Waals surface area contributed by atoms with Crippen LogP contribution in [0.3, 0.4) is 0 Å². The van der Waals surface area contributed by atoms with Crippen molar-refractivity contribution < 1.29 is 14.4 Å². The van der Waals surface area contributed by atoms with Gasteiger partial charge >= 0.3 is 0 Å². The second-order valence-electron chi connectivity index (χ2n) is 5.80. The van der Waals surface area contributed by atoms with E-state index in [0.29, 0.717) is 11.3 Å². The van der Waals surface area contributed by atoms with Gasteiger partial charge in [-0.3, -0.25) is 14.4 Å². The average molecular weight is 371 g/mol. The summed E-state index contributed by atoms with van der Waals surface area (Å²) in [5.74, 6) is -0.825. The SMILES string of the molecule is Cc1ccc(NC(=O)CS[C@H](C)C(=O)Nc2cccc(C(N)=O)c2)cc1.